The predicted octanol–water partition coefficient (Wildman–Crippen LogP) is 3.21. The maximum atomic E-state index is 12.5. The van der Waals surface area contributed by atoms with Gasteiger partial charge in [-0.1, -0.05) is 42.5 Å². The second-order valence-corrected chi connectivity index (χ2v) is 6.18. The SMILES string of the molecule is Cl.N[C@@H]1CN(C(=O)Cc2ccc(OC(F)F)cc2)C[C@H]1c1ccccc1. The summed E-state index contributed by atoms with van der Waals surface area (Å²) < 4.78 is 28.6. The highest BCUT2D eigenvalue weighted by atomic mass is 35.5. The zero-order valence-electron chi connectivity index (χ0n) is 14.1. The van der Waals surface area contributed by atoms with Crippen LogP contribution in [0.1, 0.15) is 17.0 Å². The summed E-state index contributed by atoms with van der Waals surface area (Å²) in [5.74, 6) is 0.196. The van der Waals surface area contributed by atoms with E-state index < -0.39 is 6.61 Å². The van der Waals surface area contributed by atoms with Crippen molar-refractivity contribution < 1.29 is 18.3 Å². The van der Waals surface area contributed by atoms with E-state index in [0.717, 1.165) is 11.1 Å². The van der Waals surface area contributed by atoms with Crippen LogP contribution in [0.5, 0.6) is 5.75 Å². The Hall–Kier alpha value is -2.18. The summed E-state index contributed by atoms with van der Waals surface area (Å²) in [4.78, 5) is 14.3. The molecule has 1 saturated heterocycles. The standard InChI is InChI=1S/C19H20F2N2O2.ClH/c20-19(21)25-15-8-6-13(7-9-15)10-18(24)23-11-16(17(22)12-23)14-4-2-1-3-5-14;/h1-9,16-17,19H,10-12,22H2;1H/t16-,17+;/m0./s1. The summed E-state index contributed by atoms with van der Waals surface area (Å²) in [7, 11) is 0. The van der Waals surface area contributed by atoms with Crippen molar-refractivity contribution in [1.82, 2.24) is 4.90 Å². The summed E-state index contributed by atoms with van der Waals surface area (Å²) in [5.41, 5.74) is 8.11. The number of ether oxygens (including phenoxy) is 1. The molecule has 1 aliphatic heterocycles. The monoisotopic (exact) mass is 382 g/mol. The number of carbonyl (C=O) groups excluding carboxylic acids is 1. The Labute approximate surface area is 157 Å². The van der Waals surface area contributed by atoms with E-state index in [1.54, 1.807) is 17.0 Å². The molecule has 1 fully saturated rings. The molecule has 2 atom stereocenters. The van der Waals surface area contributed by atoms with E-state index in [4.69, 9.17) is 5.73 Å². The first-order valence-electron chi connectivity index (χ1n) is 8.15. The van der Waals surface area contributed by atoms with E-state index in [0.29, 0.717) is 13.1 Å². The summed E-state index contributed by atoms with van der Waals surface area (Å²) in [5, 5.41) is 0. The van der Waals surface area contributed by atoms with E-state index in [-0.39, 0.29) is 42.4 Å². The number of rotatable bonds is 5. The smallest absolute Gasteiger partial charge is 0.387 e. The summed E-state index contributed by atoms with van der Waals surface area (Å²) in [6.07, 6.45) is 0.211. The lowest BCUT2D eigenvalue weighted by Gasteiger charge is -2.16. The van der Waals surface area contributed by atoms with Crippen LogP contribution in [0, 0.1) is 0 Å². The van der Waals surface area contributed by atoms with E-state index in [9.17, 15) is 13.6 Å². The van der Waals surface area contributed by atoms with Gasteiger partial charge in [0.25, 0.3) is 0 Å². The van der Waals surface area contributed by atoms with Crippen LogP contribution in [-0.4, -0.2) is 36.5 Å². The van der Waals surface area contributed by atoms with Crippen LogP contribution < -0.4 is 10.5 Å². The molecule has 1 aliphatic rings. The number of benzene rings is 2. The van der Waals surface area contributed by atoms with Crippen molar-refractivity contribution in [3.8, 4) is 5.75 Å². The molecule has 0 aromatic heterocycles. The molecule has 26 heavy (non-hydrogen) atoms. The van der Waals surface area contributed by atoms with Crippen LogP contribution in [0.15, 0.2) is 54.6 Å². The van der Waals surface area contributed by atoms with Crippen molar-refractivity contribution in [2.45, 2.75) is 25.0 Å². The van der Waals surface area contributed by atoms with Crippen LogP contribution >= 0.6 is 12.4 Å². The molecule has 3 rings (SSSR count). The number of amides is 1. The molecule has 0 unspecified atom stereocenters. The molecule has 0 aliphatic carbocycles. The molecule has 2 aromatic carbocycles. The average molecular weight is 383 g/mol. The Morgan fingerprint density at radius 3 is 2.38 bits per heavy atom. The lowest BCUT2D eigenvalue weighted by Crippen LogP contribution is -2.33. The normalized spacial score (nSPS) is 19.3. The molecule has 2 N–H and O–H groups in total. The van der Waals surface area contributed by atoms with Gasteiger partial charge in [-0.15, -0.1) is 12.4 Å². The number of hydrogen-bond acceptors (Lipinski definition) is 3. The first kappa shape index (κ1) is 20.1. The minimum Gasteiger partial charge on any atom is -0.435 e. The molecule has 2 aromatic rings. The predicted molar refractivity (Wildman–Crippen MR) is 97.8 cm³/mol. The maximum absolute atomic E-state index is 12.5. The van der Waals surface area contributed by atoms with Gasteiger partial charge >= 0.3 is 6.61 Å². The minimum absolute atomic E-state index is 0. The summed E-state index contributed by atoms with van der Waals surface area (Å²) in [6, 6.07) is 16.0. The number of nitrogens with two attached hydrogens (primary N) is 1. The number of halogens is 3. The zero-order valence-corrected chi connectivity index (χ0v) is 14.9. The van der Waals surface area contributed by atoms with Crippen LogP contribution in [0.3, 0.4) is 0 Å². The second-order valence-electron chi connectivity index (χ2n) is 6.18. The molecular formula is C19H21ClF2N2O2. The third-order valence-corrected chi connectivity index (χ3v) is 4.45. The molecule has 1 heterocycles. The van der Waals surface area contributed by atoms with Gasteiger partial charge < -0.3 is 15.4 Å². The van der Waals surface area contributed by atoms with E-state index in [2.05, 4.69) is 4.74 Å². The number of carbonyl (C=O) groups is 1. The number of nitrogens with zero attached hydrogens (tertiary/aromatic N) is 1. The first-order valence-corrected chi connectivity index (χ1v) is 8.15. The molecule has 0 spiro atoms. The molecule has 7 heteroatoms. The van der Waals surface area contributed by atoms with Crippen LogP contribution in [0.25, 0.3) is 0 Å². The fraction of sp³-hybridized carbons (Fsp3) is 0.316. The van der Waals surface area contributed by atoms with Gasteiger partial charge in [-0.25, -0.2) is 0 Å². The van der Waals surface area contributed by atoms with E-state index >= 15 is 0 Å². The Kier molecular flexibility index (Phi) is 6.94. The third kappa shape index (κ3) is 4.93. The van der Waals surface area contributed by atoms with Crippen molar-refractivity contribution >= 4 is 18.3 Å². The number of alkyl halides is 2. The third-order valence-electron chi connectivity index (χ3n) is 4.45. The fourth-order valence-electron chi connectivity index (χ4n) is 3.16. The Balaban J connectivity index is 0.00000243. The van der Waals surface area contributed by atoms with Gasteiger partial charge in [-0.2, -0.15) is 8.78 Å². The van der Waals surface area contributed by atoms with Gasteiger partial charge in [0.05, 0.1) is 6.42 Å². The lowest BCUT2D eigenvalue weighted by molar-refractivity contribution is -0.129. The molecule has 0 saturated carbocycles. The van der Waals surface area contributed by atoms with Gasteiger partial charge in [-0.3, -0.25) is 4.79 Å². The Morgan fingerprint density at radius 2 is 1.77 bits per heavy atom. The highest BCUT2D eigenvalue weighted by Crippen LogP contribution is 2.27. The van der Waals surface area contributed by atoms with Crippen molar-refractivity contribution in [3.05, 3.63) is 65.7 Å². The van der Waals surface area contributed by atoms with Gasteiger partial charge in [-0.05, 0) is 23.3 Å². The van der Waals surface area contributed by atoms with Gasteiger partial charge in [0, 0.05) is 25.0 Å². The van der Waals surface area contributed by atoms with Gasteiger partial charge in [0.2, 0.25) is 5.91 Å². The van der Waals surface area contributed by atoms with Gasteiger partial charge in [0.15, 0.2) is 0 Å². The molecular weight excluding hydrogens is 362 g/mol. The summed E-state index contributed by atoms with van der Waals surface area (Å²) in [6.45, 7) is -1.74. The molecule has 140 valence electrons. The fourth-order valence-corrected chi connectivity index (χ4v) is 3.16. The van der Waals surface area contributed by atoms with Crippen LogP contribution in [0.4, 0.5) is 8.78 Å². The van der Waals surface area contributed by atoms with Crippen molar-refractivity contribution in [2.24, 2.45) is 5.73 Å². The zero-order chi connectivity index (χ0) is 17.8. The molecule has 0 bridgehead atoms. The number of likely N-dealkylation sites (tertiary alicyclic amines) is 1. The topological polar surface area (TPSA) is 55.6 Å². The van der Waals surface area contributed by atoms with Crippen molar-refractivity contribution in [1.29, 1.82) is 0 Å². The van der Waals surface area contributed by atoms with E-state index in [1.807, 2.05) is 30.3 Å². The first-order chi connectivity index (χ1) is 12.0. The molecule has 4 nitrogen and oxygen atoms in total. The quantitative estimate of drug-likeness (QED) is 0.864. The average Bonchev–Trinajstić information content (AvgIpc) is 2.99. The molecule has 0 radical (unpaired) electrons. The molecule has 1 amide bonds. The highest BCUT2D eigenvalue weighted by molar-refractivity contribution is 5.85. The summed E-state index contributed by atoms with van der Waals surface area (Å²) >= 11 is 0. The second kappa shape index (κ2) is 8.96. The van der Waals surface area contributed by atoms with Crippen molar-refractivity contribution in [3.63, 3.8) is 0 Å². The van der Waals surface area contributed by atoms with E-state index in [1.165, 1.54) is 12.1 Å². The Bertz CT molecular complexity index is 713. The maximum Gasteiger partial charge on any atom is 0.387 e. The lowest BCUT2D eigenvalue weighted by atomic mass is 9.95. The van der Waals surface area contributed by atoms with Gasteiger partial charge in [0.1, 0.15) is 5.75 Å². The number of hydrogen-bond donors (Lipinski definition) is 1. The minimum atomic E-state index is -2.85. The highest BCUT2D eigenvalue weighted by Gasteiger charge is 2.33. The largest absolute Gasteiger partial charge is 0.435 e. The van der Waals surface area contributed by atoms with Crippen LogP contribution in [-0.2, 0) is 11.2 Å². The van der Waals surface area contributed by atoms with Crippen LogP contribution in [0.2, 0.25) is 0 Å². The van der Waals surface area contributed by atoms with Crippen molar-refractivity contribution in [2.75, 3.05) is 13.1 Å². The Morgan fingerprint density at radius 1 is 1.12 bits per heavy atom.